The summed E-state index contributed by atoms with van der Waals surface area (Å²) in [7, 11) is 4.96. The first-order valence-electron chi connectivity index (χ1n) is 9.65. The van der Waals surface area contributed by atoms with E-state index in [4.69, 9.17) is 9.47 Å². The summed E-state index contributed by atoms with van der Waals surface area (Å²) >= 11 is 1.42. The maximum Gasteiger partial charge on any atom is 0.267 e. The molecule has 8 nitrogen and oxygen atoms in total. The molecule has 31 heavy (non-hydrogen) atoms. The van der Waals surface area contributed by atoms with Crippen molar-refractivity contribution in [2.45, 2.75) is 6.42 Å². The second-order valence-corrected chi connectivity index (χ2v) is 7.92. The van der Waals surface area contributed by atoms with Gasteiger partial charge in [-0.05, 0) is 18.2 Å². The van der Waals surface area contributed by atoms with Gasteiger partial charge in [0.1, 0.15) is 17.2 Å². The molecule has 0 radical (unpaired) electrons. The number of thiazole rings is 1. The molecule has 0 aliphatic heterocycles. The van der Waals surface area contributed by atoms with Gasteiger partial charge in [-0.15, -0.1) is 0 Å². The number of amides is 2. The number of aryl methyl sites for hydroxylation is 1. The fraction of sp³-hybridized carbons (Fsp3) is 0.227. The van der Waals surface area contributed by atoms with Gasteiger partial charge in [-0.1, -0.05) is 23.5 Å². The van der Waals surface area contributed by atoms with Crippen LogP contribution in [0.5, 0.6) is 11.5 Å². The number of carbonyl (C=O) groups is 2. The van der Waals surface area contributed by atoms with Crippen molar-refractivity contribution in [3.8, 4) is 11.5 Å². The Morgan fingerprint density at radius 2 is 1.94 bits per heavy atom. The van der Waals surface area contributed by atoms with Crippen LogP contribution in [0.3, 0.4) is 0 Å². The van der Waals surface area contributed by atoms with Crippen molar-refractivity contribution >= 4 is 49.4 Å². The van der Waals surface area contributed by atoms with Gasteiger partial charge >= 0.3 is 0 Å². The average Bonchev–Trinajstić information content (AvgIpc) is 3.33. The number of para-hydroxylation sites is 1. The Bertz CT molecular complexity index is 1240. The lowest BCUT2D eigenvalue weighted by Gasteiger charge is -2.08. The number of nitrogens with zero attached hydrogens (tertiary/aromatic N) is 2. The fourth-order valence-corrected chi connectivity index (χ4v) is 4.25. The lowest BCUT2D eigenvalue weighted by Crippen LogP contribution is -2.29. The number of ether oxygens (including phenoxy) is 2. The van der Waals surface area contributed by atoms with Gasteiger partial charge in [0.05, 0.1) is 30.0 Å². The Morgan fingerprint density at radius 3 is 2.68 bits per heavy atom. The molecule has 2 amide bonds. The molecule has 0 aliphatic carbocycles. The highest BCUT2D eigenvalue weighted by Gasteiger charge is 2.17. The van der Waals surface area contributed by atoms with Crippen molar-refractivity contribution in [1.82, 2.24) is 14.9 Å². The van der Waals surface area contributed by atoms with E-state index in [1.165, 1.54) is 11.3 Å². The SMILES string of the molecule is COc1cc(OC)c2cc(C(=O)NCCC(=O)Nc3nc4ccccc4s3)n(C)c2c1. The Morgan fingerprint density at radius 1 is 1.13 bits per heavy atom. The van der Waals surface area contributed by atoms with E-state index < -0.39 is 0 Å². The number of anilines is 1. The molecule has 2 N–H and O–H groups in total. The summed E-state index contributed by atoms with van der Waals surface area (Å²) in [6, 6.07) is 13.1. The van der Waals surface area contributed by atoms with Crippen LogP contribution in [0, 0.1) is 0 Å². The van der Waals surface area contributed by atoms with E-state index >= 15 is 0 Å². The van der Waals surface area contributed by atoms with Crippen LogP contribution in [-0.4, -0.2) is 42.1 Å². The normalized spacial score (nSPS) is 10.9. The summed E-state index contributed by atoms with van der Waals surface area (Å²) in [5.74, 6) is 0.790. The van der Waals surface area contributed by atoms with Crippen LogP contribution in [0.1, 0.15) is 16.9 Å². The van der Waals surface area contributed by atoms with Gasteiger partial charge in [0.2, 0.25) is 5.91 Å². The number of carbonyl (C=O) groups excluding carboxylic acids is 2. The first-order valence-corrected chi connectivity index (χ1v) is 10.5. The number of hydrogen-bond donors (Lipinski definition) is 2. The molecule has 0 saturated heterocycles. The van der Waals surface area contributed by atoms with Crippen molar-refractivity contribution in [2.24, 2.45) is 7.05 Å². The largest absolute Gasteiger partial charge is 0.497 e. The molecule has 0 spiro atoms. The van der Waals surface area contributed by atoms with E-state index in [0.29, 0.717) is 22.3 Å². The molecule has 4 rings (SSSR count). The van der Waals surface area contributed by atoms with E-state index in [-0.39, 0.29) is 24.8 Å². The third-order valence-electron chi connectivity index (χ3n) is 4.96. The van der Waals surface area contributed by atoms with Crippen molar-refractivity contribution in [3.05, 3.63) is 48.2 Å². The quantitative estimate of drug-likeness (QED) is 0.460. The van der Waals surface area contributed by atoms with Gasteiger partial charge in [0, 0.05) is 37.5 Å². The zero-order valence-corrected chi connectivity index (χ0v) is 18.2. The van der Waals surface area contributed by atoms with Crippen LogP contribution in [-0.2, 0) is 11.8 Å². The maximum atomic E-state index is 12.7. The highest BCUT2D eigenvalue weighted by atomic mass is 32.1. The van der Waals surface area contributed by atoms with Crippen LogP contribution in [0.15, 0.2) is 42.5 Å². The number of methoxy groups -OCH3 is 2. The van der Waals surface area contributed by atoms with Gasteiger partial charge in [-0.2, -0.15) is 0 Å². The summed E-state index contributed by atoms with van der Waals surface area (Å²) in [5.41, 5.74) is 2.13. The van der Waals surface area contributed by atoms with Gasteiger partial charge < -0.3 is 24.7 Å². The summed E-state index contributed by atoms with van der Waals surface area (Å²) in [6.45, 7) is 0.206. The van der Waals surface area contributed by atoms with Crippen LogP contribution >= 0.6 is 11.3 Å². The lowest BCUT2D eigenvalue weighted by atomic mass is 10.2. The zero-order chi connectivity index (χ0) is 22.0. The molecule has 2 aromatic heterocycles. The van der Waals surface area contributed by atoms with Crippen LogP contribution in [0.2, 0.25) is 0 Å². The smallest absolute Gasteiger partial charge is 0.267 e. The first-order chi connectivity index (χ1) is 15.0. The van der Waals surface area contributed by atoms with Crippen molar-refractivity contribution in [1.29, 1.82) is 0 Å². The zero-order valence-electron chi connectivity index (χ0n) is 17.4. The van der Waals surface area contributed by atoms with E-state index in [2.05, 4.69) is 15.6 Å². The Hall–Kier alpha value is -3.59. The Labute approximate surface area is 182 Å². The molecule has 0 atom stereocenters. The molecular weight excluding hydrogens is 416 g/mol. The molecule has 2 heterocycles. The molecule has 4 aromatic rings. The molecular formula is C22H22N4O4S. The lowest BCUT2D eigenvalue weighted by molar-refractivity contribution is -0.116. The Kier molecular flexibility index (Phi) is 5.77. The van der Waals surface area contributed by atoms with Crippen molar-refractivity contribution in [2.75, 3.05) is 26.1 Å². The molecule has 9 heteroatoms. The molecule has 0 bridgehead atoms. The number of aromatic nitrogens is 2. The minimum Gasteiger partial charge on any atom is -0.497 e. The standard InChI is InChI=1S/C22H22N4O4S/c1-26-16-10-13(29-2)11-18(30-3)14(16)12-17(26)21(28)23-9-8-20(27)25-22-24-15-6-4-5-7-19(15)31-22/h4-7,10-12H,8-9H2,1-3H3,(H,23,28)(H,24,25,27). The number of rotatable bonds is 7. The highest BCUT2D eigenvalue weighted by Crippen LogP contribution is 2.33. The molecule has 0 saturated carbocycles. The summed E-state index contributed by atoms with van der Waals surface area (Å²) in [6.07, 6.45) is 0.142. The second-order valence-electron chi connectivity index (χ2n) is 6.89. The van der Waals surface area contributed by atoms with E-state index in [0.717, 1.165) is 21.1 Å². The molecule has 0 fully saturated rings. The van der Waals surface area contributed by atoms with Crippen LogP contribution in [0.4, 0.5) is 5.13 Å². The summed E-state index contributed by atoms with van der Waals surface area (Å²) in [5, 5.41) is 6.95. The second kappa shape index (κ2) is 8.65. The van der Waals surface area contributed by atoms with Crippen LogP contribution < -0.4 is 20.1 Å². The van der Waals surface area contributed by atoms with E-state index in [1.54, 1.807) is 38.0 Å². The highest BCUT2D eigenvalue weighted by molar-refractivity contribution is 7.22. The number of nitrogens with one attached hydrogen (secondary N) is 2. The van der Waals surface area contributed by atoms with Gasteiger partial charge in [-0.3, -0.25) is 9.59 Å². The number of hydrogen-bond acceptors (Lipinski definition) is 6. The monoisotopic (exact) mass is 438 g/mol. The maximum absolute atomic E-state index is 12.7. The minimum atomic E-state index is -0.271. The molecule has 160 valence electrons. The van der Waals surface area contributed by atoms with E-state index in [1.807, 2.05) is 30.3 Å². The van der Waals surface area contributed by atoms with Gasteiger partial charge in [0.15, 0.2) is 5.13 Å². The Balaban J connectivity index is 1.39. The minimum absolute atomic E-state index is 0.142. The van der Waals surface area contributed by atoms with Crippen molar-refractivity contribution < 1.29 is 19.1 Å². The first kappa shape index (κ1) is 20.7. The average molecular weight is 439 g/mol. The number of fused-ring (bicyclic) bond motifs is 2. The third kappa shape index (κ3) is 4.17. The van der Waals surface area contributed by atoms with Gasteiger partial charge in [-0.25, -0.2) is 4.98 Å². The van der Waals surface area contributed by atoms with Crippen molar-refractivity contribution in [3.63, 3.8) is 0 Å². The third-order valence-corrected chi connectivity index (χ3v) is 5.92. The predicted molar refractivity (Wildman–Crippen MR) is 121 cm³/mol. The molecule has 0 aliphatic rings. The molecule has 0 unspecified atom stereocenters. The summed E-state index contributed by atoms with van der Waals surface area (Å²) in [4.78, 5) is 29.3. The predicted octanol–water partition coefficient (Wildman–Crippen LogP) is 3.56. The van der Waals surface area contributed by atoms with Crippen LogP contribution in [0.25, 0.3) is 21.1 Å². The van der Waals surface area contributed by atoms with E-state index in [9.17, 15) is 9.59 Å². The number of benzene rings is 2. The fourth-order valence-electron chi connectivity index (χ4n) is 3.37. The van der Waals surface area contributed by atoms with Gasteiger partial charge in [0.25, 0.3) is 5.91 Å². The molecule has 2 aromatic carbocycles. The topological polar surface area (TPSA) is 94.5 Å². The summed E-state index contributed by atoms with van der Waals surface area (Å²) < 4.78 is 13.5.